The fraction of sp³-hybridized carbons (Fsp3) is 0.438. The molecule has 0 amide bonds. The number of aliphatic carboxylic acids is 1. The van der Waals surface area contributed by atoms with Crippen molar-refractivity contribution in [2.24, 2.45) is 0 Å². The number of phenolic OH excluding ortho intramolecular Hbond substituents is 1. The standard InChI is InChI=1S/C16H23NO3/c1-5-13(11(4)16(19)20)14-9-8-12(10-15(14)18)17(6-2)7-3/h8-10,18H,5-7H2,1-4H3,(H,19,20)/b13-11+. The zero-order chi connectivity index (χ0) is 15.3. The van der Waals surface area contributed by atoms with Crippen molar-refractivity contribution >= 4 is 17.2 Å². The summed E-state index contributed by atoms with van der Waals surface area (Å²) in [6.45, 7) is 9.29. The predicted octanol–water partition coefficient (Wildman–Crippen LogP) is 3.51. The Morgan fingerprint density at radius 3 is 2.20 bits per heavy atom. The average Bonchev–Trinajstić information content (AvgIpc) is 2.42. The highest BCUT2D eigenvalue weighted by atomic mass is 16.4. The number of allylic oxidation sites excluding steroid dienone is 1. The number of benzene rings is 1. The summed E-state index contributed by atoms with van der Waals surface area (Å²) in [6, 6.07) is 5.42. The molecule has 0 fully saturated rings. The Kier molecular flexibility index (Phi) is 5.62. The van der Waals surface area contributed by atoms with Crippen molar-refractivity contribution in [1.29, 1.82) is 0 Å². The highest BCUT2D eigenvalue weighted by molar-refractivity contribution is 5.96. The van der Waals surface area contributed by atoms with Crippen LogP contribution in [0, 0.1) is 0 Å². The molecule has 0 saturated carbocycles. The molecule has 0 unspecified atom stereocenters. The minimum atomic E-state index is -0.950. The summed E-state index contributed by atoms with van der Waals surface area (Å²) in [5.74, 6) is -0.819. The Labute approximate surface area is 120 Å². The highest BCUT2D eigenvalue weighted by Crippen LogP contribution is 2.33. The van der Waals surface area contributed by atoms with E-state index in [1.807, 2.05) is 13.0 Å². The fourth-order valence-electron chi connectivity index (χ4n) is 2.35. The Bertz CT molecular complexity index is 516. The van der Waals surface area contributed by atoms with Crippen molar-refractivity contribution in [1.82, 2.24) is 0 Å². The molecule has 0 bridgehead atoms. The minimum Gasteiger partial charge on any atom is -0.507 e. The van der Waals surface area contributed by atoms with Crippen LogP contribution in [0.25, 0.3) is 5.57 Å². The van der Waals surface area contributed by atoms with E-state index >= 15 is 0 Å². The molecule has 1 rings (SSSR count). The first-order valence-electron chi connectivity index (χ1n) is 6.97. The molecule has 0 aliphatic heterocycles. The summed E-state index contributed by atoms with van der Waals surface area (Å²) in [6.07, 6.45) is 0.566. The van der Waals surface area contributed by atoms with E-state index in [2.05, 4.69) is 18.7 Å². The van der Waals surface area contributed by atoms with E-state index < -0.39 is 5.97 Å². The number of carboxylic acid groups (broad SMARTS) is 1. The molecule has 4 nitrogen and oxygen atoms in total. The van der Waals surface area contributed by atoms with Crippen molar-refractivity contribution in [2.75, 3.05) is 18.0 Å². The van der Waals surface area contributed by atoms with E-state index in [0.717, 1.165) is 18.8 Å². The number of nitrogens with zero attached hydrogens (tertiary/aromatic N) is 1. The molecule has 1 aromatic rings. The van der Waals surface area contributed by atoms with Gasteiger partial charge in [-0.15, -0.1) is 0 Å². The number of hydrogen-bond acceptors (Lipinski definition) is 3. The van der Waals surface area contributed by atoms with Crippen LogP contribution in [0.5, 0.6) is 5.75 Å². The fourth-order valence-corrected chi connectivity index (χ4v) is 2.35. The van der Waals surface area contributed by atoms with Gasteiger partial charge in [-0.2, -0.15) is 0 Å². The zero-order valence-electron chi connectivity index (χ0n) is 12.6. The summed E-state index contributed by atoms with van der Waals surface area (Å²) < 4.78 is 0. The van der Waals surface area contributed by atoms with E-state index in [0.29, 0.717) is 17.6 Å². The lowest BCUT2D eigenvalue weighted by atomic mass is 9.97. The number of rotatable bonds is 6. The van der Waals surface area contributed by atoms with Gasteiger partial charge >= 0.3 is 5.97 Å². The normalized spacial score (nSPS) is 12.0. The van der Waals surface area contributed by atoms with Gasteiger partial charge in [0.15, 0.2) is 0 Å². The zero-order valence-corrected chi connectivity index (χ0v) is 12.6. The molecule has 2 N–H and O–H groups in total. The third-order valence-corrected chi connectivity index (χ3v) is 3.56. The average molecular weight is 277 g/mol. The predicted molar refractivity (Wildman–Crippen MR) is 82.2 cm³/mol. The van der Waals surface area contributed by atoms with Crippen LogP contribution >= 0.6 is 0 Å². The number of carbonyl (C=O) groups is 1. The Balaban J connectivity index is 3.28. The number of carboxylic acids is 1. The molecule has 0 saturated heterocycles. The van der Waals surface area contributed by atoms with Crippen LogP contribution in [0.3, 0.4) is 0 Å². The third-order valence-electron chi connectivity index (χ3n) is 3.56. The van der Waals surface area contributed by atoms with Crippen molar-refractivity contribution in [3.63, 3.8) is 0 Å². The Morgan fingerprint density at radius 1 is 1.20 bits per heavy atom. The van der Waals surface area contributed by atoms with E-state index in [1.54, 1.807) is 19.1 Å². The number of phenols is 1. The first-order valence-corrected chi connectivity index (χ1v) is 6.97. The largest absolute Gasteiger partial charge is 0.507 e. The maximum atomic E-state index is 11.1. The molecule has 0 radical (unpaired) electrons. The second kappa shape index (κ2) is 6.98. The van der Waals surface area contributed by atoms with E-state index in [1.165, 1.54) is 0 Å². The van der Waals surface area contributed by atoms with Crippen LogP contribution in [0.2, 0.25) is 0 Å². The lowest BCUT2D eigenvalue weighted by Gasteiger charge is -2.22. The molecular weight excluding hydrogens is 254 g/mol. The summed E-state index contributed by atoms with van der Waals surface area (Å²) >= 11 is 0. The number of anilines is 1. The van der Waals surface area contributed by atoms with Gasteiger partial charge in [0.2, 0.25) is 0 Å². The van der Waals surface area contributed by atoms with Gasteiger partial charge in [-0.05, 0) is 44.9 Å². The van der Waals surface area contributed by atoms with Gasteiger partial charge in [0.1, 0.15) is 5.75 Å². The quantitative estimate of drug-likeness (QED) is 0.781. The summed E-state index contributed by atoms with van der Waals surface area (Å²) in [5.41, 5.74) is 2.49. The van der Waals surface area contributed by atoms with E-state index in [9.17, 15) is 9.90 Å². The van der Waals surface area contributed by atoms with Gasteiger partial charge in [0, 0.05) is 36.0 Å². The maximum absolute atomic E-state index is 11.1. The molecule has 110 valence electrons. The van der Waals surface area contributed by atoms with Gasteiger partial charge in [0.05, 0.1) is 0 Å². The lowest BCUT2D eigenvalue weighted by molar-refractivity contribution is -0.132. The van der Waals surface area contributed by atoms with Crippen molar-refractivity contribution in [3.8, 4) is 5.75 Å². The summed E-state index contributed by atoms with van der Waals surface area (Å²) in [7, 11) is 0. The van der Waals surface area contributed by atoms with Gasteiger partial charge in [-0.3, -0.25) is 0 Å². The van der Waals surface area contributed by atoms with Crippen molar-refractivity contribution in [2.45, 2.75) is 34.1 Å². The molecule has 20 heavy (non-hydrogen) atoms. The topological polar surface area (TPSA) is 60.8 Å². The first kappa shape index (κ1) is 16.1. The first-order chi connectivity index (χ1) is 9.46. The van der Waals surface area contributed by atoms with Gasteiger partial charge < -0.3 is 15.1 Å². The monoisotopic (exact) mass is 277 g/mol. The molecule has 1 aromatic carbocycles. The second-order valence-electron chi connectivity index (χ2n) is 4.64. The molecule has 0 heterocycles. The Hall–Kier alpha value is -1.97. The van der Waals surface area contributed by atoms with Crippen LogP contribution in [-0.2, 0) is 4.79 Å². The lowest BCUT2D eigenvalue weighted by Crippen LogP contribution is -2.21. The van der Waals surface area contributed by atoms with E-state index in [-0.39, 0.29) is 11.3 Å². The van der Waals surface area contributed by atoms with Gasteiger partial charge in [-0.25, -0.2) is 4.79 Å². The SMILES string of the molecule is CC/C(=C(/C)C(=O)O)c1ccc(N(CC)CC)cc1O. The highest BCUT2D eigenvalue weighted by Gasteiger charge is 2.14. The van der Waals surface area contributed by atoms with Gasteiger partial charge in [0.25, 0.3) is 0 Å². The summed E-state index contributed by atoms with van der Waals surface area (Å²) in [5, 5.41) is 19.3. The molecule has 0 atom stereocenters. The van der Waals surface area contributed by atoms with E-state index in [4.69, 9.17) is 5.11 Å². The molecule has 0 spiro atoms. The van der Waals surface area contributed by atoms with Crippen LogP contribution < -0.4 is 4.90 Å². The molecule has 0 aromatic heterocycles. The molecular formula is C16H23NO3. The molecule has 0 aliphatic carbocycles. The van der Waals surface area contributed by atoms with Crippen LogP contribution in [0.15, 0.2) is 23.8 Å². The molecule has 4 heteroatoms. The van der Waals surface area contributed by atoms with Crippen LogP contribution in [0.4, 0.5) is 5.69 Å². The smallest absolute Gasteiger partial charge is 0.331 e. The maximum Gasteiger partial charge on any atom is 0.331 e. The number of aromatic hydroxyl groups is 1. The van der Waals surface area contributed by atoms with Crippen molar-refractivity contribution < 1.29 is 15.0 Å². The third kappa shape index (κ3) is 3.32. The minimum absolute atomic E-state index is 0.131. The Morgan fingerprint density at radius 2 is 1.80 bits per heavy atom. The van der Waals surface area contributed by atoms with Crippen molar-refractivity contribution in [3.05, 3.63) is 29.3 Å². The second-order valence-corrected chi connectivity index (χ2v) is 4.64. The van der Waals surface area contributed by atoms with Crippen LogP contribution in [0.1, 0.15) is 39.7 Å². The number of hydrogen-bond donors (Lipinski definition) is 2. The summed E-state index contributed by atoms with van der Waals surface area (Å²) in [4.78, 5) is 13.2. The molecule has 0 aliphatic rings. The van der Waals surface area contributed by atoms with Crippen LogP contribution in [-0.4, -0.2) is 29.3 Å². The van der Waals surface area contributed by atoms with Gasteiger partial charge in [-0.1, -0.05) is 6.92 Å².